The van der Waals surface area contributed by atoms with Crippen molar-refractivity contribution in [1.82, 2.24) is 15.5 Å². The van der Waals surface area contributed by atoms with Crippen molar-refractivity contribution in [3.63, 3.8) is 0 Å². The molecule has 1 aromatic carbocycles. The van der Waals surface area contributed by atoms with E-state index in [-0.39, 0.29) is 11.5 Å². The van der Waals surface area contributed by atoms with Crippen LogP contribution in [0.2, 0.25) is 0 Å². The van der Waals surface area contributed by atoms with Crippen molar-refractivity contribution in [1.29, 1.82) is 0 Å². The standard InChI is InChI=1S/C17H20F2N4O2/c1-10-7-12(25-17(18)19)8-14(24)16(10)13-4-5-15(23-22-13)21-11-3-2-6-20-9-11/h4-5,7-8,11,17,20,24H,2-3,6,9H2,1H3,(H,21,23). The number of phenols is 1. The van der Waals surface area contributed by atoms with Gasteiger partial charge in [0.25, 0.3) is 0 Å². The summed E-state index contributed by atoms with van der Waals surface area (Å²) in [4.78, 5) is 0. The van der Waals surface area contributed by atoms with Gasteiger partial charge >= 0.3 is 6.61 Å². The maximum absolute atomic E-state index is 12.3. The van der Waals surface area contributed by atoms with E-state index in [0.717, 1.165) is 32.0 Å². The molecule has 0 radical (unpaired) electrons. The van der Waals surface area contributed by atoms with E-state index in [9.17, 15) is 13.9 Å². The minimum atomic E-state index is -2.94. The van der Waals surface area contributed by atoms with E-state index in [1.165, 1.54) is 6.07 Å². The first-order valence-corrected chi connectivity index (χ1v) is 8.12. The van der Waals surface area contributed by atoms with E-state index in [2.05, 4.69) is 25.6 Å². The highest BCUT2D eigenvalue weighted by Crippen LogP contribution is 2.35. The number of phenolic OH excluding ortho intramolecular Hbond substituents is 1. The zero-order chi connectivity index (χ0) is 17.8. The van der Waals surface area contributed by atoms with Crippen molar-refractivity contribution in [3.8, 4) is 22.8 Å². The zero-order valence-corrected chi connectivity index (χ0v) is 13.8. The summed E-state index contributed by atoms with van der Waals surface area (Å²) in [7, 11) is 0. The maximum atomic E-state index is 12.3. The topological polar surface area (TPSA) is 79.3 Å². The lowest BCUT2D eigenvalue weighted by molar-refractivity contribution is -0.0499. The Morgan fingerprint density at radius 1 is 1.32 bits per heavy atom. The summed E-state index contributed by atoms with van der Waals surface area (Å²) < 4.78 is 28.9. The van der Waals surface area contributed by atoms with Crippen molar-refractivity contribution >= 4 is 5.82 Å². The summed E-state index contributed by atoms with van der Waals surface area (Å²) in [5, 5.41) is 25.1. The SMILES string of the molecule is Cc1cc(OC(F)F)cc(O)c1-c1ccc(NC2CCCNC2)nn1. The number of aryl methyl sites for hydroxylation is 1. The summed E-state index contributed by atoms with van der Waals surface area (Å²) in [6, 6.07) is 6.43. The van der Waals surface area contributed by atoms with Crippen LogP contribution >= 0.6 is 0 Å². The van der Waals surface area contributed by atoms with E-state index in [4.69, 9.17) is 0 Å². The van der Waals surface area contributed by atoms with Crippen LogP contribution in [0.5, 0.6) is 11.5 Å². The number of aromatic hydroxyl groups is 1. The van der Waals surface area contributed by atoms with Crippen LogP contribution in [0, 0.1) is 6.92 Å². The van der Waals surface area contributed by atoms with Crippen LogP contribution in [0.15, 0.2) is 24.3 Å². The maximum Gasteiger partial charge on any atom is 0.387 e. The molecule has 1 unspecified atom stereocenters. The fraction of sp³-hybridized carbons (Fsp3) is 0.412. The van der Waals surface area contributed by atoms with Crippen molar-refractivity contribution in [2.75, 3.05) is 18.4 Å². The first kappa shape index (κ1) is 17.3. The molecule has 0 aliphatic carbocycles. The normalized spacial score (nSPS) is 17.5. The Labute approximate surface area is 144 Å². The third-order valence-corrected chi connectivity index (χ3v) is 4.08. The Hall–Kier alpha value is -2.48. The summed E-state index contributed by atoms with van der Waals surface area (Å²) >= 11 is 0. The highest BCUT2D eigenvalue weighted by molar-refractivity contribution is 5.72. The Bertz CT molecular complexity index is 696. The van der Waals surface area contributed by atoms with Crippen molar-refractivity contribution in [3.05, 3.63) is 29.8 Å². The van der Waals surface area contributed by atoms with E-state index in [0.29, 0.717) is 28.7 Å². The summed E-state index contributed by atoms with van der Waals surface area (Å²) in [5.74, 6) is 0.388. The van der Waals surface area contributed by atoms with Gasteiger partial charge in [0.05, 0.1) is 5.69 Å². The molecule has 8 heteroatoms. The second-order valence-corrected chi connectivity index (χ2v) is 6.00. The molecule has 2 heterocycles. The van der Waals surface area contributed by atoms with E-state index in [1.807, 2.05) is 0 Å². The average Bonchev–Trinajstić information content (AvgIpc) is 2.56. The molecule has 25 heavy (non-hydrogen) atoms. The number of nitrogens with zero attached hydrogens (tertiary/aromatic N) is 2. The summed E-state index contributed by atoms with van der Waals surface area (Å²) in [5.41, 5.74) is 1.48. The number of aromatic nitrogens is 2. The van der Waals surface area contributed by atoms with Crippen LogP contribution in [0.3, 0.4) is 0 Å². The molecule has 1 aliphatic rings. The lowest BCUT2D eigenvalue weighted by atomic mass is 10.0. The molecule has 2 aromatic rings. The van der Waals surface area contributed by atoms with Crippen molar-refractivity contribution < 1.29 is 18.6 Å². The van der Waals surface area contributed by atoms with Gasteiger partial charge in [0.1, 0.15) is 17.3 Å². The number of benzene rings is 1. The van der Waals surface area contributed by atoms with Crippen LogP contribution < -0.4 is 15.4 Å². The quantitative estimate of drug-likeness (QED) is 0.769. The molecule has 3 rings (SSSR count). The third kappa shape index (κ3) is 4.33. The van der Waals surface area contributed by atoms with Gasteiger partial charge in [0.2, 0.25) is 0 Å². The number of hydrogen-bond donors (Lipinski definition) is 3. The molecule has 1 saturated heterocycles. The van der Waals surface area contributed by atoms with Gasteiger partial charge in [-0.15, -0.1) is 10.2 Å². The molecular formula is C17H20F2N4O2. The highest BCUT2D eigenvalue weighted by atomic mass is 19.3. The number of halogens is 2. The van der Waals surface area contributed by atoms with Gasteiger partial charge in [0.15, 0.2) is 0 Å². The van der Waals surface area contributed by atoms with Gasteiger partial charge < -0.3 is 20.5 Å². The smallest absolute Gasteiger partial charge is 0.387 e. The molecule has 134 valence electrons. The molecule has 3 N–H and O–H groups in total. The minimum Gasteiger partial charge on any atom is -0.507 e. The Kier molecular flexibility index (Phi) is 5.28. The molecule has 0 spiro atoms. The molecule has 1 aromatic heterocycles. The zero-order valence-electron chi connectivity index (χ0n) is 13.8. The van der Waals surface area contributed by atoms with Crippen LogP contribution in [-0.4, -0.2) is 41.0 Å². The van der Waals surface area contributed by atoms with E-state index in [1.54, 1.807) is 19.1 Å². The average molecular weight is 350 g/mol. The predicted molar refractivity (Wildman–Crippen MR) is 90.0 cm³/mol. The van der Waals surface area contributed by atoms with Crippen molar-refractivity contribution in [2.24, 2.45) is 0 Å². The van der Waals surface area contributed by atoms with Crippen molar-refractivity contribution in [2.45, 2.75) is 32.4 Å². The molecule has 0 saturated carbocycles. The van der Waals surface area contributed by atoms with Gasteiger partial charge in [-0.1, -0.05) is 0 Å². The highest BCUT2D eigenvalue weighted by Gasteiger charge is 2.16. The lowest BCUT2D eigenvalue weighted by Crippen LogP contribution is -2.38. The first-order chi connectivity index (χ1) is 12.0. The second kappa shape index (κ2) is 7.60. The Balaban J connectivity index is 1.77. The Morgan fingerprint density at radius 3 is 2.76 bits per heavy atom. The molecule has 1 atom stereocenters. The number of piperidine rings is 1. The number of alkyl halides is 2. The fourth-order valence-electron chi connectivity index (χ4n) is 2.97. The third-order valence-electron chi connectivity index (χ3n) is 4.08. The number of rotatable bonds is 5. The van der Waals surface area contributed by atoms with Crippen LogP contribution in [0.4, 0.5) is 14.6 Å². The summed E-state index contributed by atoms with van der Waals surface area (Å²) in [6.45, 7) is 0.667. The number of hydrogen-bond acceptors (Lipinski definition) is 6. The van der Waals surface area contributed by atoms with E-state index >= 15 is 0 Å². The monoisotopic (exact) mass is 350 g/mol. The van der Waals surface area contributed by atoms with Crippen LogP contribution in [0.25, 0.3) is 11.3 Å². The summed E-state index contributed by atoms with van der Waals surface area (Å²) in [6.07, 6.45) is 2.19. The van der Waals surface area contributed by atoms with Crippen LogP contribution in [0.1, 0.15) is 18.4 Å². The van der Waals surface area contributed by atoms with Gasteiger partial charge in [0, 0.05) is 24.2 Å². The number of anilines is 1. The fourth-order valence-corrected chi connectivity index (χ4v) is 2.97. The number of nitrogens with one attached hydrogen (secondary N) is 2. The molecule has 6 nitrogen and oxygen atoms in total. The predicted octanol–water partition coefficient (Wildman–Crippen LogP) is 2.92. The largest absolute Gasteiger partial charge is 0.507 e. The van der Waals surface area contributed by atoms with Gasteiger partial charge in [-0.3, -0.25) is 0 Å². The van der Waals surface area contributed by atoms with Gasteiger partial charge in [-0.05, 0) is 50.1 Å². The Morgan fingerprint density at radius 2 is 2.16 bits per heavy atom. The van der Waals surface area contributed by atoms with Gasteiger partial charge in [-0.2, -0.15) is 8.78 Å². The lowest BCUT2D eigenvalue weighted by Gasteiger charge is -2.24. The molecule has 0 amide bonds. The molecule has 1 aliphatic heterocycles. The molecule has 1 fully saturated rings. The van der Waals surface area contributed by atoms with Crippen LogP contribution in [-0.2, 0) is 0 Å². The first-order valence-electron chi connectivity index (χ1n) is 8.12. The van der Waals surface area contributed by atoms with E-state index < -0.39 is 6.61 Å². The minimum absolute atomic E-state index is 0.0928. The van der Waals surface area contributed by atoms with Gasteiger partial charge in [-0.25, -0.2) is 0 Å². The molecular weight excluding hydrogens is 330 g/mol. The molecule has 0 bridgehead atoms. The number of ether oxygens (including phenoxy) is 1. The second-order valence-electron chi connectivity index (χ2n) is 6.00.